The molecule has 0 aromatic carbocycles. The van der Waals surface area contributed by atoms with Gasteiger partial charge in [0, 0.05) is 13.0 Å². The van der Waals surface area contributed by atoms with Gasteiger partial charge in [-0.1, -0.05) is 12.8 Å². The number of aromatic nitrogens is 3. The number of nitrogens with zero attached hydrogens (tertiary/aromatic N) is 3. The quantitative estimate of drug-likeness (QED) is 0.876. The van der Waals surface area contributed by atoms with Crippen molar-refractivity contribution in [1.29, 1.82) is 0 Å². The van der Waals surface area contributed by atoms with Gasteiger partial charge in [-0.15, -0.1) is 35.0 Å². The smallest absolute Gasteiger partial charge is 0.240 e. The molecule has 2 aliphatic rings. The molecule has 21 heavy (non-hydrogen) atoms. The van der Waals surface area contributed by atoms with E-state index in [1.807, 2.05) is 6.92 Å². The minimum Gasteiger partial charge on any atom is -0.345 e. The van der Waals surface area contributed by atoms with Gasteiger partial charge < -0.3 is 15.6 Å². The summed E-state index contributed by atoms with van der Waals surface area (Å²) in [5, 5.41) is 11.4. The third-order valence-corrected chi connectivity index (χ3v) is 4.32. The van der Waals surface area contributed by atoms with Crippen molar-refractivity contribution in [1.82, 2.24) is 20.1 Å². The van der Waals surface area contributed by atoms with E-state index in [0.717, 1.165) is 56.7 Å². The SMILES string of the molecule is CC(NC(=O)C1(N)CCCC1)c1nnc2n1CCC2.Cl.Cl. The zero-order chi connectivity index (χ0) is 13.5. The molecule has 1 amide bonds. The van der Waals surface area contributed by atoms with Crippen LogP contribution in [0.1, 0.15) is 56.7 Å². The van der Waals surface area contributed by atoms with Gasteiger partial charge in [-0.05, 0) is 26.2 Å². The molecule has 1 fully saturated rings. The van der Waals surface area contributed by atoms with Gasteiger partial charge in [0.15, 0.2) is 5.82 Å². The van der Waals surface area contributed by atoms with E-state index in [9.17, 15) is 4.79 Å². The monoisotopic (exact) mass is 335 g/mol. The molecule has 120 valence electrons. The third kappa shape index (κ3) is 3.33. The number of aryl methyl sites for hydroxylation is 1. The van der Waals surface area contributed by atoms with Crippen molar-refractivity contribution in [3.8, 4) is 0 Å². The number of nitrogens with one attached hydrogen (secondary N) is 1. The predicted octanol–water partition coefficient (Wildman–Crippen LogP) is 1.52. The molecule has 1 atom stereocenters. The molecule has 0 spiro atoms. The van der Waals surface area contributed by atoms with Crippen LogP contribution in [0, 0.1) is 0 Å². The summed E-state index contributed by atoms with van der Waals surface area (Å²) in [6, 6.07) is -0.132. The fourth-order valence-corrected chi connectivity index (χ4v) is 3.13. The number of carbonyl (C=O) groups excluding carboxylic acids is 1. The Morgan fingerprint density at radius 3 is 2.62 bits per heavy atom. The maximum atomic E-state index is 12.3. The first-order chi connectivity index (χ1) is 9.10. The summed E-state index contributed by atoms with van der Waals surface area (Å²) in [6.45, 7) is 2.90. The number of hydrogen-bond acceptors (Lipinski definition) is 4. The van der Waals surface area contributed by atoms with E-state index in [4.69, 9.17) is 5.73 Å². The molecule has 3 N–H and O–H groups in total. The third-order valence-electron chi connectivity index (χ3n) is 4.32. The van der Waals surface area contributed by atoms with E-state index < -0.39 is 5.54 Å². The lowest BCUT2D eigenvalue weighted by atomic mass is 9.98. The van der Waals surface area contributed by atoms with Crippen LogP contribution in [0.15, 0.2) is 0 Å². The van der Waals surface area contributed by atoms with Crippen molar-refractivity contribution in [2.45, 2.75) is 63.6 Å². The van der Waals surface area contributed by atoms with Crippen LogP contribution >= 0.6 is 24.8 Å². The largest absolute Gasteiger partial charge is 0.345 e. The Morgan fingerprint density at radius 2 is 1.95 bits per heavy atom. The first-order valence-corrected chi connectivity index (χ1v) is 7.12. The zero-order valence-corrected chi connectivity index (χ0v) is 13.8. The second-order valence-corrected chi connectivity index (χ2v) is 5.79. The highest BCUT2D eigenvalue weighted by atomic mass is 35.5. The molecule has 1 saturated carbocycles. The highest BCUT2D eigenvalue weighted by Gasteiger charge is 2.38. The molecule has 6 nitrogen and oxygen atoms in total. The van der Waals surface area contributed by atoms with E-state index in [0.29, 0.717) is 0 Å². The van der Waals surface area contributed by atoms with Crippen molar-refractivity contribution in [2.24, 2.45) is 5.73 Å². The van der Waals surface area contributed by atoms with E-state index in [-0.39, 0.29) is 36.8 Å². The Labute approximate surface area is 137 Å². The van der Waals surface area contributed by atoms with Gasteiger partial charge in [-0.25, -0.2) is 0 Å². The van der Waals surface area contributed by atoms with E-state index in [2.05, 4.69) is 20.1 Å². The molecule has 1 unspecified atom stereocenters. The number of rotatable bonds is 3. The van der Waals surface area contributed by atoms with E-state index >= 15 is 0 Å². The van der Waals surface area contributed by atoms with Crippen molar-refractivity contribution in [3.63, 3.8) is 0 Å². The molecule has 3 rings (SSSR count). The van der Waals surface area contributed by atoms with Gasteiger partial charge in [0.25, 0.3) is 0 Å². The van der Waals surface area contributed by atoms with Crippen molar-refractivity contribution >= 4 is 30.7 Å². The van der Waals surface area contributed by atoms with Gasteiger partial charge in [-0.3, -0.25) is 4.79 Å². The average Bonchev–Trinajstić information content (AvgIpc) is 3.03. The second kappa shape index (κ2) is 6.94. The molecule has 2 heterocycles. The Kier molecular flexibility index (Phi) is 6.01. The average molecular weight is 336 g/mol. The summed E-state index contributed by atoms with van der Waals surface area (Å²) in [5.41, 5.74) is 5.48. The fraction of sp³-hybridized carbons (Fsp3) is 0.769. The van der Waals surface area contributed by atoms with Gasteiger partial charge >= 0.3 is 0 Å². The normalized spacial score (nSPS) is 20.1. The molecular weight excluding hydrogens is 313 g/mol. The lowest BCUT2D eigenvalue weighted by Crippen LogP contribution is -2.52. The van der Waals surface area contributed by atoms with Gasteiger partial charge in [0.2, 0.25) is 5.91 Å². The highest BCUT2D eigenvalue weighted by molar-refractivity contribution is 5.86. The minimum atomic E-state index is -0.678. The van der Waals surface area contributed by atoms with E-state index in [1.54, 1.807) is 0 Å². The second-order valence-electron chi connectivity index (χ2n) is 5.79. The summed E-state index contributed by atoms with van der Waals surface area (Å²) in [4.78, 5) is 12.3. The lowest BCUT2D eigenvalue weighted by molar-refractivity contribution is -0.126. The standard InChI is InChI=1S/C13H21N5O.2ClH/c1-9(11-17-16-10-5-4-8-18(10)11)15-12(19)13(14)6-2-3-7-13;;/h9H,2-8,14H2,1H3,(H,15,19);2*1H. The Hall–Kier alpha value is -0.850. The van der Waals surface area contributed by atoms with Crippen LogP contribution in [0.4, 0.5) is 0 Å². The van der Waals surface area contributed by atoms with Crippen molar-refractivity contribution in [2.75, 3.05) is 0 Å². The molecular formula is C13H23Cl2N5O. The maximum absolute atomic E-state index is 12.3. The minimum absolute atomic E-state index is 0. The van der Waals surface area contributed by atoms with Crippen LogP contribution < -0.4 is 11.1 Å². The fourth-order valence-electron chi connectivity index (χ4n) is 3.13. The summed E-state index contributed by atoms with van der Waals surface area (Å²) >= 11 is 0. The predicted molar refractivity (Wildman–Crippen MR) is 84.8 cm³/mol. The first kappa shape index (κ1) is 18.2. The van der Waals surface area contributed by atoms with Gasteiger partial charge in [0.1, 0.15) is 5.82 Å². The molecule has 1 aliphatic heterocycles. The van der Waals surface area contributed by atoms with Crippen LogP contribution in [0.25, 0.3) is 0 Å². The summed E-state index contributed by atoms with van der Waals surface area (Å²) in [6.07, 6.45) is 5.73. The Balaban J connectivity index is 0.00000110. The van der Waals surface area contributed by atoms with Crippen molar-refractivity contribution < 1.29 is 4.79 Å². The molecule has 1 aliphatic carbocycles. The van der Waals surface area contributed by atoms with Gasteiger partial charge in [0.05, 0.1) is 11.6 Å². The van der Waals surface area contributed by atoms with E-state index in [1.165, 1.54) is 0 Å². The van der Waals surface area contributed by atoms with Crippen LogP contribution in [0.3, 0.4) is 0 Å². The highest BCUT2D eigenvalue weighted by Crippen LogP contribution is 2.28. The topological polar surface area (TPSA) is 85.8 Å². The number of halogens is 2. The number of amides is 1. The number of fused-ring (bicyclic) bond motifs is 1. The number of nitrogens with two attached hydrogens (primary N) is 1. The van der Waals surface area contributed by atoms with Crippen LogP contribution in [0.2, 0.25) is 0 Å². The van der Waals surface area contributed by atoms with Crippen LogP contribution in [0.5, 0.6) is 0 Å². The summed E-state index contributed by atoms with van der Waals surface area (Å²) in [7, 11) is 0. The van der Waals surface area contributed by atoms with Crippen LogP contribution in [-0.2, 0) is 17.8 Å². The molecule has 0 radical (unpaired) electrons. The number of carbonyl (C=O) groups is 1. The van der Waals surface area contributed by atoms with Crippen LogP contribution in [-0.4, -0.2) is 26.2 Å². The summed E-state index contributed by atoms with van der Waals surface area (Å²) in [5.74, 6) is 1.83. The van der Waals surface area contributed by atoms with Gasteiger partial charge in [-0.2, -0.15) is 0 Å². The molecule has 0 saturated heterocycles. The van der Waals surface area contributed by atoms with Crippen molar-refractivity contribution in [3.05, 3.63) is 11.6 Å². The Morgan fingerprint density at radius 1 is 1.29 bits per heavy atom. The lowest BCUT2D eigenvalue weighted by Gasteiger charge is -2.24. The molecule has 1 aromatic rings. The summed E-state index contributed by atoms with van der Waals surface area (Å²) < 4.78 is 2.11. The molecule has 8 heteroatoms. The number of hydrogen-bond donors (Lipinski definition) is 2. The first-order valence-electron chi connectivity index (χ1n) is 7.12. The molecule has 1 aromatic heterocycles. The Bertz CT molecular complexity index is 499. The zero-order valence-electron chi connectivity index (χ0n) is 12.2. The molecule has 0 bridgehead atoms. The maximum Gasteiger partial charge on any atom is 0.240 e.